The van der Waals surface area contributed by atoms with E-state index in [4.69, 9.17) is 4.74 Å². The zero-order valence-electron chi connectivity index (χ0n) is 8.91. The van der Waals surface area contributed by atoms with Crippen LogP contribution in [-0.2, 0) is 4.74 Å². The molecule has 0 amide bonds. The van der Waals surface area contributed by atoms with Crippen molar-refractivity contribution in [3.05, 3.63) is 28.5 Å². The molecule has 1 aromatic rings. The number of pyridine rings is 1. The number of methoxy groups -OCH3 is 1. The number of rotatable bonds is 5. The molecule has 2 atom stereocenters. The van der Waals surface area contributed by atoms with E-state index in [-0.39, 0.29) is 10.9 Å². The van der Waals surface area contributed by atoms with Gasteiger partial charge in [0, 0.05) is 7.11 Å². The van der Waals surface area contributed by atoms with E-state index in [9.17, 15) is 0 Å². The molecule has 15 heavy (non-hydrogen) atoms. The molecule has 1 aromatic heterocycles. The van der Waals surface area contributed by atoms with Gasteiger partial charge in [-0.25, -0.2) is 4.98 Å². The van der Waals surface area contributed by atoms with Crippen LogP contribution in [0.2, 0.25) is 0 Å². The Kier molecular flexibility index (Phi) is 5.79. The molecule has 0 aliphatic rings. The smallest absolute Gasteiger partial charge is 0.106 e. The highest BCUT2D eigenvalue weighted by Gasteiger charge is 2.20. The maximum Gasteiger partial charge on any atom is 0.106 e. The topological polar surface area (TPSA) is 22.1 Å². The fourth-order valence-corrected chi connectivity index (χ4v) is 2.53. The van der Waals surface area contributed by atoms with Crippen molar-refractivity contribution in [3.63, 3.8) is 0 Å². The lowest BCUT2D eigenvalue weighted by molar-refractivity contribution is 0.0931. The minimum absolute atomic E-state index is 0.153. The summed E-state index contributed by atoms with van der Waals surface area (Å²) in [5.41, 5.74) is 1.00. The van der Waals surface area contributed by atoms with Gasteiger partial charge in [0.05, 0.1) is 16.6 Å². The van der Waals surface area contributed by atoms with Crippen LogP contribution in [0.15, 0.2) is 22.8 Å². The second-order valence-electron chi connectivity index (χ2n) is 3.35. The van der Waals surface area contributed by atoms with Gasteiger partial charge >= 0.3 is 0 Å². The standard InChI is InChI=1S/C11H15Br2NO/c1-3-5-9(15-2)11(13)8-6-4-7-10(12)14-8/h4,6-7,9,11H,3,5H2,1-2H3. The second kappa shape index (κ2) is 6.61. The number of halogens is 2. The van der Waals surface area contributed by atoms with Gasteiger partial charge in [0.15, 0.2) is 0 Å². The predicted octanol–water partition coefficient (Wildman–Crippen LogP) is 4.10. The molecule has 0 saturated heterocycles. The van der Waals surface area contributed by atoms with Crippen LogP contribution in [0.25, 0.3) is 0 Å². The summed E-state index contributed by atoms with van der Waals surface area (Å²) >= 11 is 7.01. The Morgan fingerprint density at radius 3 is 2.73 bits per heavy atom. The summed E-state index contributed by atoms with van der Waals surface area (Å²) in [5, 5.41) is 0. The quantitative estimate of drug-likeness (QED) is 0.596. The van der Waals surface area contributed by atoms with E-state index in [1.54, 1.807) is 7.11 Å². The predicted molar refractivity (Wildman–Crippen MR) is 69.3 cm³/mol. The van der Waals surface area contributed by atoms with E-state index in [1.807, 2.05) is 18.2 Å². The number of ether oxygens (including phenoxy) is 1. The summed E-state index contributed by atoms with van der Waals surface area (Å²) in [7, 11) is 1.74. The van der Waals surface area contributed by atoms with Crippen molar-refractivity contribution in [2.24, 2.45) is 0 Å². The van der Waals surface area contributed by atoms with E-state index in [0.717, 1.165) is 23.1 Å². The molecule has 1 heterocycles. The maximum atomic E-state index is 5.44. The molecule has 0 aliphatic heterocycles. The molecule has 0 fully saturated rings. The fraction of sp³-hybridized carbons (Fsp3) is 0.545. The average molecular weight is 337 g/mol. The molecular weight excluding hydrogens is 322 g/mol. The molecule has 0 saturated carbocycles. The number of nitrogens with zero attached hydrogens (tertiary/aromatic N) is 1. The van der Waals surface area contributed by atoms with Gasteiger partial charge in [-0.1, -0.05) is 35.3 Å². The number of hydrogen-bond donors (Lipinski definition) is 0. The van der Waals surface area contributed by atoms with Crippen LogP contribution in [-0.4, -0.2) is 18.2 Å². The van der Waals surface area contributed by atoms with Gasteiger partial charge in [-0.3, -0.25) is 0 Å². The van der Waals surface area contributed by atoms with Crippen LogP contribution in [0.3, 0.4) is 0 Å². The summed E-state index contributed by atoms with van der Waals surface area (Å²) in [6.07, 6.45) is 2.31. The summed E-state index contributed by atoms with van der Waals surface area (Å²) in [6.45, 7) is 2.15. The lowest BCUT2D eigenvalue weighted by Crippen LogP contribution is -2.17. The van der Waals surface area contributed by atoms with E-state index >= 15 is 0 Å². The molecule has 1 rings (SSSR count). The van der Waals surface area contributed by atoms with Gasteiger partial charge in [0.2, 0.25) is 0 Å². The minimum Gasteiger partial charge on any atom is -0.380 e. The Hall–Kier alpha value is 0.0700. The van der Waals surface area contributed by atoms with E-state index in [1.165, 1.54) is 0 Å². The third-order valence-corrected chi connectivity index (χ3v) is 3.72. The van der Waals surface area contributed by atoms with Crippen molar-refractivity contribution >= 4 is 31.9 Å². The van der Waals surface area contributed by atoms with Gasteiger partial charge in [-0.2, -0.15) is 0 Å². The third kappa shape index (κ3) is 3.85. The van der Waals surface area contributed by atoms with E-state index < -0.39 is 0 Å². The second-order valence-corrected chi connectivity index (χ2v) is 5.15. The summed E-state index contributed by atoms with van der Waals surface area (Å²) in [5.74, 6) is 0. The van der Waals surface area contributed by atoms with Gasteiger partial charge in [-0.15, -0.1) is 0 Å². The molecule has 0 spiro atoms. The van der Waals surface area contributed by atoms with E-state index in [0.29, 0.717) is 0 Å². The van der Waals surface area contributed by atoms with Crippen LogP contribution in [0.5, 0.6) is 0 Å². The van der Waals surface area contributed by atoms with Crippen molar-refractivity contribution in [2.45, 2.75) is 30.7 Å². The summed E-state index contributed by atoms with van der Waals surface area (Å²) in [6, 6.07) is 5.91. The highest BCUT2D eigenvalue weighted by atomic mass is 79.9. The lowest BCUT2D eigenvalue weighted by Gasteiger charge is -2.20. The largest absolute Gasteiger partial charge is 0.380 e. The Bertz CT molecular complexity index is 306. The van der Waals surface area contributed by atoms with Gasteiger partial charge in [0.1, 0.15) is 4.60 Å². The molecule has 2 unspecified atom stereocenters. The van der Waals surface area contributed by atoms with Crippen molar-refractivity contribution in [1.29, 1.82) is 0 Å². The molecule has 0 aliphatic carbocycles. The Labute approximate surface area is 108 Å². The molecule has 0 aromatic carbocycles. The third-order valence-electron chi connectivity index (χ3n) is 2.22. The molecule has 84 valence electrons. The first-order valence-electron chi connectivity index (χ1n) is 4.98. The zero-order valence-corrected chi connectivity index (χ0v) is 12.1. The lowest BCUT2D eigenvalue weighted by atomic mass is 10.1. The van der Waals surface area contributed by atoms with Crippen molar-refractivity contribution < 1.29 is 4.74 Å². The Morgan fingerprint density at radius 1 is 1.47 bits per heavy atom. The first-order valence-corrected chi connectivity index (χ1v) is 6.69. The SMILES string of the molecule is CCCC(OC)C(Br)c1cccc(Br)n1. The first-order chi connectivity index (χ1) is 7.19. The normalized spacial score (nSPS) is 14.9. The molecular formula is C11H15Br2NO. The molecule has 2 nitrogen and oxygen atoms in total. The van der Waals surface area contributed by atoms with Gasteiger partial charge in [-0.05, 0) is 34.5 Å². The Balaban J connectivity index is 2.77. The van der Waals surface area contributed by atoms with Crippen LogP contribution in [0.1, 0.15) is 30.3 Å². The molecule has 4 heteroatoms. The molecule has 0 N–H and O–H groups in total. The monoisotopic (exact) mass is 335 g/mol. The average Bonchev–Trinajstić information content (AvgIpc) is 2.25. The fourth-order valence-electron chi connectivity index (χ4n) is 1.44. The summed E-state index contributed by atoms with van der Waals surface area (Å²) in [4.78, 5) is 4.57. The van der Waals surface area contributed by atoms with Crippen molar-refractivity contribution in [2.75, 3.05) is 7.11 Å². The van der Waals surface area contributed by atoms with Crippen LogP contribution in [0.4, 0.5) is 0 Å². The van der Waals surface area contributed by atoms with Crippen LogP contribution >= 0.6 is 31.9 Å². The van der Waals surface area contributed by atoms with Gasteiger partial charge < -0.3 is 4.74 Å². The van der Waals surface area contributed by atoms with Crippen molar-refractivity contribution in [1.82, 2.24) is 4.98 Å². The van der Waals surface area contributed by atoms with Crippen LogP contribution in [0, 0.1) is 0 Å². The number of hydrogen-bond acceptors (Lipinski definition) is 2. The minimum atomic E-state index is 0.153. The Morgan fingerprint density at radius 2 is 2.20 bits per heavy atom. The van der Waals surface area contributed by atoms with E-state index in [2.05, 4.69) is 43.8 Å². The molecule has 0 radical (unpaired) electrons. The van der Waals surface area contributed by atoms with Gasteiger partial charge in [0.25, 0.3) is 0 Å². The summed E-state index contributed by atoms with van der Waals surface area (Å²) < 4.78 is 6.30. The van der Waals surface area contributed by atoms with Crippen LogP contribution < -0.4 is 0 Å². The van der Waals surface area contributed by atoms with Crippen molar-refractivity contribution in [3.8, 4) is 0 Å². The highest BCUT2D eigenvalue weighted by Crippen LogP contribution is 2.29. The molecule has 0 bridgehead atoms. The first kappa shape index (κ1) is 13.1. The zero-order chi connectivity index (χ0) is 11.3. The highest BCUT2D eigenvalue weighted by molar-refractivity contribution is 9.10. The number of aromatic nitrogens is 1. The number of alkyl halides is 1. The maximum absolute atomic E-state index is 5.44.